The Balaban J connectivity index is 2.18. The molecule has 0 radical (unpaired) electrons. The van der Waals surface area contributed by atoms with Gasteiger partial charge in [0.05, 0.1) is 0 Å². The second-order valence-electron chi connectivity index (χ2n) is 3.56. The Bertz CT molecular complexity index is 103. The lowest BCUT2D eigenvalue weighted by Crippen LogP contribution is -2.24. The van der Waals surface area contributed by atoms with Crippen molar-refractivity contribution in [3.63, 3.8) is 0 Å². The van der Waals surface area contributed by atoms with Crippen LogP contribution in [0.4, 0.5) is 0 Å². The van der Waals surface area contributed by atoms with Crippen LogP contribution in [0.3, 0.4) is 0 Å². The molecule has 0 spiro atoms. The lowest BCUT2D eigenvalue weighted by molar-refractivity contribution is -0.417. The summed E-state index contributed by atoms with van der Waals surface area (Å²) in [5.41, 5.74) is 0. The number of hydrogen-bond acceptors (Lipinski definition) is 2. The van der Waals surface area contributed by atoms with E-state index in [0.717, 1.165) is 25.8 Å². The van der Waals surface area contributed by atoms with Crippen molar-refractivity contribution in [3.8, 4) is 0 Å². The molecule has 2 atom stereocenters. The van der Waals surface area contributed by atoms with Gasteiger partial charge in [0.25, 0.3) is 0 Å². The molecule has 0 aromatic heterocycles. The molecule has 0 aromatic carbocycles. The van der Waals surface area contributed by atoms with Gasteiger partial charge in [-0.05, 0) is 20.0 Å². The molecule has 60 valence electrons. The van der Waals surface area contributed by atoms with Crippen LogP contribution in [0.1, 0.15) is 19.3 Å². The molecule has 0 saturated heterocycles. The molecule has 1 aliphatic carbocycles. The third-order valence-corrected chi connectivity index (χ3v) is 2.12. The molecule has 0 amide bonds. The quantitative estimate of drug-likeness (QED) is 0.545. The number of hydrogen-bond donors (Lipinski definition) is 0. The lowest BCUT2D eigenvalue weighted by Gasteiger charge is -2.17. The molecule has 2 heteroatoms. The predicted molar refractivity (Wildman–Crippen MR) is 39.7 cm³/mol. The third-order valence-electron chi connectivity index (χ3n) is 2.12. The maximum absolute atomic E-state index is 10.9. The molecule has 2 unspecified atom stereocenters. The molecule has 1 aliphatic rings. The molecule has 0 aromatic rings. The standard InChI is InChI=1S/C8H16NO/c1-9(2)6-7-3-4-8(10)5-7/h7-8H,3-6H2,1-2H3/q-1. The molecule has 1 saturated carbocycles. The van der Waals surface area contributed by atoms with E-state index < -0.39 is 0 Å². The fourth-order valence-electron chi connectivity index (χ4n) is 1.71. The maximum Gasteiger partial charge on any atom is 0.000317 e. The normalized spacial score (nSPS) is 33.6. The van der Waals surface area contributed by atoms with Gasteiger partial charge in [0.1, 0.15) is 0 Å². The van der Waals surface area contributed by atoms with Crippen molar-refractivity contribution < 1.29 is 5.11 Å². The first kappa shape index (κ1) is 8.02. The van der Waals surface area contributed by atoms with Gasteiger partial charge in [-0.2, -0.15) is 0 Å². The monoisotopic (exact) mass is 142 g/mol. The van der Waals surface area contributed by atoms with Crippen LogP contribution in [-0.4, -0.2) is 31.6 Å². The largest absolute Gasteiger partial charge is 0.852 e. The van der Waals surface area contributed by atoms with Gasteiger partial charge in [-0.3, -0.25) is 0 Å². The topological polar surface area (TPSA) is 26.3 Å². The van der Waals surface area contributed by atoms with Crippen molar-refractivity contribution in [1.29, 1.82) is 0 Å². The molecule has 0 heterocycles. The molecule has 0 bridgehead atoms. The van der Waals surface area contributed by atoms with E-state index in [4.69, 9.17) is 0 Å². The van der Waals surface area contributed by atoms with E-state index in [9.17, 15) is 5.11 Å². The summed E-state index contributed by atoms with van der Waals surface area (Å²) in [7, 11) is 4.14. The molecule has 1 fully saturated rings. The third kappa shape index (κ3) is 2.27. The molecule has 2 nitrogen and oxygen atoms in total. The van der Waals surface area contributed by atoms with Crippen LogP contribution in [0.5, 0.6) is 0 Å². The van der Waals surface area contributed by atoms with Crippen LogP contribution in [0, 0.1) is 5.92 Å². The first-order chi connectivity index (χ1) is 4.68. The van der Waals surface area contributed by atoms with Gasteiger partial charge in [0.2, 0.25) is 0 Å². The highest BCUT2D eigenvalue weighted by molar-refractivity contribution is 4.74. The fraction of sp³-hybridized carbons (Fsp3) is 1.00. The summed E-state index contributed by atoms with van der Waals surface area (Å²) in [6, 6.07) is 0. The van der Waals surface area contributed by atoms with Gasteiger partial charge in [0.15, 0.2) is 0 Å². The van der Waals surface area contributed by atoms with Gasteiger partial charge in [0, 0.05) is 6.54 Å². The van der Waals surface area contributed by atoms with Crippen molar-refractivity contribution in [2.75, 3.05) is 20.6 Å². The van der Waals surface area contributed by atoms with Gasteiger partial charge in [-0.25, -0.2) is 0 Å². The van der Waals surface area contributed by atoms with Gasteiger partial charge >= 0.3 is 0 Å². The Morgan fingerprint density at radius 2 is 2.10 bits per heavy atom. The van der Waals surface area contributed by atoms with Gasteiger partial charge in [-0.1, -0.05) is 19.3 Å². The first-order valence-electron chi connectivity index (χ1n) is 3.99. The smallest absolute Gasteiger partial charge is 0.000317 e. The van der Waals surface area contributed by atoms with E-state index in [1.54, 1.807) is 0 Å². The average Bonchev–Trinajstić information content (AvgIpc) is 2.13. The molecule has 10 heavy (non-hydrogen) atoms. The molecule has 0 N–H and O–H groups in total. The average molecular weight is 142 g/mol. The zero-order chi connectivity index (χ0) is 7.56. The molecule has 0 aliphatic heterocycles. The SMILES string of the molecule is CN(C)CC1CCC([O-])C1. The van der Waals surface area contributed by atoms with Crippen LogP contribution in [-0.2, 0) is 0 Å². The summed E-state index contributed by atoms with van der Waals surface area (Å²) in [4.78, 5) is 2.17. The Kier molecular flexibility index (Phi) is 2.69. The minimum Gasteiger partial charge on any atom is -0.852 e. The molecular weight excluding hydrogens is 126 g/mol. The number of rotatable bonds is 2. The Morgan fingerprint density at radius 3 is 2.50 bits per heavy atom. The highest BCUT2D eigenvalue weighted by atomic mass is 16.3. The van der Waals surface area contributed by atoms with E-state index in [-0.39, 0.29) is 6.10 Å². The highest BCUT2D eigenvalue weighted by Gasteiger charge is 2.17. The van der Waals surface area contributed by atoms with Crippen LogP contribution in [0.15, 0.2) is 0 Å². The van der Waals surface area contributed by atoms with E-state index in [2.05, 4.69) is 19.0 Å². The Labute approximate surface area is 62.8 Å². The van der Waals surface area contributed by atoms with Crippen molar-refractivity contribution >= 4 is 0 Å². The maximum atomic E-state index is 10.9. The Hall–Kier alpha value is -0.0800. The second kappa shape index (κ2) is 3.35. The van der Waals surface area contributed by atoms with E-state index in [1.807, 2.05) is 0 Å². The van der Waals surface area contributed by atoms with Gasteiger partial charge in [-0.15, -0.1) is 6.10 Å². The van der Waals surface area contributed by atoms with Crippen molar-refractivity contribution in [2.45, 2.75) is 25.4 Å². The summed E-state index contributed by atoms with van der Waals surface area (Å²) in [6.45, 7) is 1.10. The summed E-state index contributed by atoms with van der Waals surface area (Å²) in [6.07, 6.45) is 2.69. The minimum absolute atomic E-state index is 0.259. The zero-order valence-corrected chi connectivity index (χ0v) is 6.84. The first-order valence-corrected chi connectivity index (χ1v) is 3.99. The van der Waals surface area contributed by atoms with Crippen LogP contribution in [0.25, 0.3) is 0 Å². The lowest BCUT2D eigenvalue weighted by atomic mass is 10.1. The van der Waals surface area contributed by atoms with Crippen LogP contribution in [0.2, 0.25) is 0 Å². The second-order valence-corrected chi connectivity index (χ2v) is 3.56. The zero-order valence-electron chi connectivity index (χ0n) is 6.84. The van der Waals surface area contributed by atoms with Crippen molar-refractivity contribution in [3.05, 3.63) is 0 Å². The van der Waals surface area contributed by atoms with Crippen LogP contribution >= 0.6 is 0 Å². The van der Waals surface area contributed by atoms with Crippen molar-refractivity contribution in [1.82, 2.24) is 4.90 Å². The summed E-state index contributed by atoms with van der Waals surface area (Å²) >= 11 is 0. The Morgan fingerprint density at radius 1 is 1.40 bits per heavy atom. The van der Waals surface area contributed by atoms with Crippen molar-refractivity contribution in [2.24, 2.45) is 5.92 Å². The highest BCUT2D eigenvalue weighted by Crippen LogP contribution is 2.23. The van der Waals surface area contributed by atoms with E-state index >= 15 is 0 Å². The van der Waals surface area contributed by atoms with Crippen LogP contribution < -0.4 is 5.11 Å². The number of nitrogens with zero attached hydrogens (tertiary/aromatic N) is 1. The fourth-order valence-corrected chi connectivity index (χ4v) is 1.71. The summed E-state index contributed by atoms with van der Waals surface area (Å²) in [5, 5.41) is 10.9. The summed E-state index contributed by atoms with van der Waals surface area (Å²) in [5.74, 6) is 0.678. The molecular formula is C8H16NO-. The predicted octanol–water partition coefficient (Wildman–Crippen LogP) is 0.0770. The minimum atomic E-state index is -0.259. The van der Waals surface area contributed by atoms with E-state index in [1.165, 1.54) is 0 Å². The van der Waals surface area contributed by atoms with E-state index in [0.29, 0.717) is 5.92 Å². The molecule has 1 rings (SSSR count). The van der Waals surface area contributed by atoms with Gasteiger partial charge < -0.3 is 10.0 Å². The summed E-state index contributed by atoms with van der Waals surface area (Å²) < 4.78 is 0.